The molecule has 0 aliphatic rings. The third-order valence-electron chi connectivity index (χ3n) is 2.44. The summed E-state index contributed by atoms with van der Waals surface area (Å²) in [5, 5.41) is 9.97. The summed E-state index contributed by atoms with van der Waals surface area (Å²) >= 11 is 0. The molecule has 0 saturated heterocycles. The number of nitrogens with one attached hydrogen (secondary N) is 1. The second-order valence-corrected chi connectivity index (χ2v) is 4.06. The highest BCUT2D eigenvalue weighted by atomic mass is 16.5. The van der Waals surface area contributed by atoms with Gasteiger partial charge in [-0.25, -0.2) is 4.79 Å². The lowest BCUT2D eigenvalue weighted by atomic mass is 10.2. The number of ether oxygens (including phenoxy) is 1. The lowest BCUT2D eigenvalue weighted by Crippen LogP contribution is -2.24. The van der Waals surface area contributed by atoms with E-state index in [-0.39, 0.29) is 13.2 Å². The Labute approximate surface area is 122 Å². The Kier molecular flexibility index (Phi) is 5.12. The number of anilines is 1. The van der Waals surface area contributed by atoms with Crippen LogP contribution in [0, 0.1) is 11.8 Å². The third kappa shape index (κ3) is 5.20. The van der Waals surface area contributed by atoms with Crippen LogP contribution in [0.5, 0.6) is 0 Å². The number of aromatic nitrogens is 2. The summed E-state index contributed by atoms with van der Waals surface area (Å²) in [5.74, 6) is 5.83. The zero-order valence-corrected chi connectivity index (χ0v) is 11.2. The molecular weight excluding hydrogens is 268 g/mol. The van der Waals surface area contributed by atoms with Gasteiger partial charge in [0.05, 0.1) is 6.54 Å². The van der Waals surface area contributed by atoms with Crippen LogP contribution in [0.3, 0.4) is 0 Å². The molecule has 1 amide bonds. The van der Waals surface area contributed by atoms with E-state index in [4.69, 9.17) is 10.5 Å². The highest BCUT2D eigenvalue weighted by Gasteiger charge is 2.00. The molecule has 0 spiro atoms. The fourth-order valence-corrected chi connectivity index (χ4v) is 1.43. The quantitative estimate of drug-likeness (QED) is 0.829. The van der Waals surface area contributed by atoms with Crippen molar-refractivity contribution in [3.8, 4) is 11.8 Å². The van der Waals surface area contributed by atoms with E-state index in [0.717, 1.165) is 5.56 Å². The largest absolute Gasteiger partial charge is 0.445 e. The maximum atomic E-state index is 11.4. The number of benzene rings is 1. The minimum absolute atomic E-state index is 0.166. The monoisotopic (exact) mass is 282 g/mol. The number of carbonyl (C=O) groups excluding carboxylic acids is 1. The summed E-state index contributed by atoms with van der Waals surface area (Å²) in [6, 6.07) is 12.7. The fourth-order valence-electron chi connectivity index (χ4n) is 1.43. The van der Waals surface area contributed by atoms with Crippen LogP contribution in [0.1, 0.15) is 11.3 Å². The van der Waals surface area contributed by atoms with E-state index >= 15 is 0 Å². The van der Waals surface area contributed by atoms with Crippen molar-refractivity contribution in [2.24, 2.45) is 0 Å². The Morgan fingerprint density at radius 1 is 1.19 bits per heavy atom. The van der Waals surface area contributed by atoms with Crippen LogP contribution >= 0.6 is 0 Å². The Balaban J connectivity index is 1.71. The molecule has 0 atom stereocenters. The SMILES string of the molecule is Nc1ccc(C#CCNC(=O)OCc2ccccc2)nn1. The lowest BCUT2D eigenvalue weighted by molar-refractivity contribution is 0.141. The first-order chi connectivity index (χ1) is 10.2. The molecule has 2 aromatic rings. The average Bonchev–Trinajstić information content (AvgIpc) is 2.52. The molecule has 1 aromatic heterocycles. The van der Waals surface area contributed by atoms with E-state index in [9.17, 15) is 4.79 Å². The molecule has 0 radical (unpaired) electrons. The summed E-state index contributed by atoms with van der Waals surface area (Å²) in [6.45, 7) is 0.392. The number of nitrogens with two attached hydrogens (primary N) is 1. The van der Waals surface area contributed by atoms with Gasteiger partial charge in [-0.15, -0.1) is 10.2 Å². The van der Waals surface area contributed by atoms with Gasteiger partial charge in [0, 0.05) is 0 Å². The van der Waals surface area contributed by atoms with Crippen LogP contribution in [0.2, 0.25) is 0 Å². The minimum atomic E-state index is -0.517. The molecule has 0 fully saturated rings. The number of alkyl carbamates (subject to hydrolysis) is 1. The van der Waals surface area contributed by atoms with Gasteiger partial charge in [0.1, 0.15) is 18.1 Å². The Bertz CT molecular complexity index is 645. The first-order valence-corrected chi connectivity index (χ1v) is 6.26. The van der Waals surface area contributed by atoms with Crippen LogP contribution in [0.25, 0.3) is 0 Å². The van der Waals surface area contributed by atoms with Crippen molar-refractivity contribution in [1.29, 1.82) is 0 Å². The summed E-state index contributed by atoms with van der Waals surface area (Å²) in [4.78, 5) is 11.4. The normalized spacial score (nSPS) is 9.33. The first kappa shape index (κ1) is 14.3. The van der Waals surface area contributed by atoms with E-state index in [2.05, 4.69) is 27.4 Å². The van der Waals surface area contributed by atoms with Crippen molar-refractivity contribution in [1.82, 2.24) is 15.5 Å². The van der Waals surface area contributed by atoms with Crippen molar-refractivity contribution in [2.45, 2.75) is 6.61 Å². The Hall–Kier alpha value is -3.07. The Morgan fingerprint density at radius 3 is 2.71 bits per heavy atom. The standard InChI is InChI=1S/C15H14N4O2/c16-14-9-8-13(18-19-14)7-4-10-17-15(20)21-11-12-5-2-1-3-6-12/h1-3,5-6,8-9H,10-11H2,(H2,16,19)(H,17,20). The second-order valence-electron chi connectivity index (χ2n) is 4.06. The summed E-state index contributed by atoms with van der Waals surface area (Å²) in [7, 11) is 0. The fraction of sp³-hybridized carbons (Fsp3) is 0.133. The molecule has 0 aliphatic heterocycles. The van der Waals surface area contributed by atoms with Gasteiger partial charge in [0.15, 0.2) is 0 Å². The van der Waals surface area contributed by atoms with E-state index in [1.165, 1.54) is 0 Å². The van der Waals surface area contributed by atoms with Gasteiger partial charge in [0.25, 0.3) is 0 Å². The number of rotatable bonds is 3. The number of hydrogen-bond donors (Lipinski definition) is 2. The van der Waals surface area contributed by atoms with Crippen LogP contribution in [-0.4, -0.2) is 22.8 Å². The number of hydrogen-bond acceptors (Lipinski definition) is 5. The molecule has 2 rings (SSSR count). The van der Waals surface area contributed by atoms with Crippen LogP contribution in [-0.2, 0) is 11.3 Å². The van der Waals surface area contributed by atoms with Gasteiger partial charge in [-0.3, -0.25) is 0 Å². The molecule has 0 unspecified atom stereocenters. The molecule has 6 nitrogen and oxygen atoms in total. The molecule has 6 heteroatoms. The molecule has 1 heterocycles. The predicted octanol–water partition coefficient (Wildman–Crippen LogP) is 1.34. The van der Waals surface area contributed by atoms with E-state index in [0.29, 0.717) is 11.5 Å². The molecular formula is C15H14N4O2. The van der Waals surface area contributed by atoms with Crippen molar-refractivity contribution in [3.63, 3.8) is 0 Å². The van der Waals surface area contributed by atoms with E-state index in [1.807, 2.05) is 30.3 Å². The highest BCUT2D eigenvalue weighted by molar-refractivity contribution is 5.67. The maximum Gasteiger partial charge on any atom is 0.408 e. The average molecular weight is 282 g/mol. The number of nitrogen functional groups attached to an aromatic ring is 1. The number of carbonyl (C=O) groups is 1. The van der Waals surface area contributed by atoms with Crippen molar-refractivity contribution in [3.05, 3.63) is 53.7 Å². The highest BCUT2D eigenvalue weighted by Crippen LogP contribution is 2.00. The smallest absolute Gasteiger partial charge is 0.408 e. The van der Waals surface area contributed by atoms with Crippen molar-refractivity contribution in [2.75, 3.05) is 12.3 Å². The van der Waals surface area contributed by atoms with Gasteiger partial charge in [-0.2, -0.15) is 0 Å². The van der Waals surface area contributed by atoms with Crippen LogP contribution in [0.15, 0.2) is 42.5 Å². The van der Waals surface area contributed by atoms with Crippen molar-refractivity contribution < 1.29 is 9.53 Å². The maximum absolute atomic E-state index is 11.4. The van der Waals surface area contributed by atoms with Crippen LogP contribution < -0.4 is 11.1 Å². The van der Waals surface area contributed by atoms with E-state index in [1.54, 1.807) is 12.1 Å². The van der Waals surface area contributed by atoms with Crippen molar-refractivity contribution >= 4 is 11.9 Å². The summed E-state index contributed by atoms with van der Waals surface area (Å²) in [6.07, 6.45) is -0.517. The molecule has 1 aromatic carbocycles. The molecule has 0 saturated carbocycles. The van der Waals surface area contributed by atoms with E-state index < -0.39 is 6.09 Å². The Morgan fingerprint density at radius 2 is 2.00 bits per heavy atom. The third-order valence-corrected chi connectivity index (χ3v) is 2.44. The zero-order chi connectivity index (χ0) is 14.9. The lowest BCUT2D eigenvalue weighted by Gasteiger charge is -2.04. The number of nitrogens with zero attached hydrogens (tertiary/aromatic N) is 2. The summed E-state index contributed by atoms with van der Waals surface area (Å²) in [5.41, 5.74) is 6.82. The topological polar surface area (TPSA) is 90.1 Å². The van der Waals surface area contributed by atoms with Gasteiger partial charge in [-0.1, -0.05) is 36.3 Å². The molecule has 3 N–H and O–H groups in total. The van der Waals surface area contributed by atoms with Gasteiger partial charge < -0.3 is 15.8 Å². The number of amides is 1. The molecule has 21 heavy (non-hydrogen) atoms. The van der Waals surface area contributed by atoms with Gasteiger partial charge >= 0.3 is 6.09 Å². The van der Waals surface area contributed by atoms with Gasteiger partial charge in [-0.05, 0) is 23.6 Å². The second kappa shape index (κ2) is 7.50. The van der Waals surface area contributed by atoms with Gasteiger partial charge in [0.2, 0.25) is 0 Å². The van der Waals surface area contributed by atoms with Crippen LogP contribution in [0.4, 0.5) is 10.6 Å². The molecule has 0 aliphatic carbocycles. The predicted molar refractivity (Wildman–Crippen MR) is 78.0 cm³/mol. The molecule has 106 valence electrons. The first-order valence-electron chi connectivity index (χ1n) is 6.26. The zero-order valence-electron chi connectivity index (χ0n) is 11.2. The molecule has 0 bridgehead atoms. The summed E-state index contributed by atoms with van der Waals surface area (Å²) < 4.78 is 5.03. The minimum Gasteiger partial charge on any atom is -0.445 e.